The maximum Gasteiger partial charge on any atom is 0.339 e. The number of ether oxygens (including phenoxy) is 2. The molecule has 0 saturated carbocycles. The Bertz CT molecular complexity index is 1030. The van der Waals surface area contributed by atoms with Crippen LogP contribution >= 0.6 is 0 Å². The lowest BCUT2D eigenvalue weighted by atomic mass is 9.98. The maximum absolute atomic E-state index is 12.6. The van der Waals surface area contributed by atoms with E-state index in [0.717, 1.165) is 5.56 Å². The Kier molecular flexibility index (Phi) is 5.35. The Morgan fingerprint density at radius 3 is 2.45 bits per heavy atom. The average molecular weight is 416 g/mol. The molecule has 1 fully saturated rings. The van der Waals surface area contributed by atoms with Crippen LogP contribution in [0.2, 0.25) is 0 Å². The minimum absolute atomic E-state index is 0.149. The number of amides is 1. The van der Waals surface area contributed by atoms with Gasteiger partial charge in [0.05, 0.1) is 23.7 Å². The number of hydrogen-bond acceptors (Lipinski definition) is 6. The van der Waals surface area contributed by atoms with E-state index in [1.165, 1.54) is 28.6 Å². The minimum atomic E-state index is -3.60. The summed E-state index contributed by atoms with van der Waals surface area (Å²) >= 11 is 0. The zero-order valence-electron chi connectivity index (χ0n) is 15.5. The standard InChI is InChI=1S/C20H20N2O6S/c23-19(18-13-14-3-1-2-4-17(14)20(24)28-18)21-15-5-7-16(8-6-15)29(25,26)22-9-11-27-12-10-22/h1-8,18H,9-13H2,(H,21,23). The second-order valence-electron chi connectivity index (χ2n) is 6.79. The van der Waals surface area contributed by atoms with Gasteiger partial charge in [0.2, 0.25) is 10.0 Å². The van der Waals surface area contributed by atoms with E-state index in [-0.39, 0.29) is 11.3 Å². The summed E-state index contributed by atoms with van der Waals surface area (Å²) in [5, 5.41) is 2.68. The molecule has 1 atom stereocenters. The number of carbonyl (C=O) groups is 2. The molecular formula is C20H20N2O6S. The molecule has 8 nitrogen and oxygen atoms in total. The molecule has 1 N–H and O–H groups in total. The first-order chi connectivity index (χ1) is 13.9. The second-order valence-corrected chi connectivity index (χ2v) is 8.72. The van der Waals surface area contributed by atoms with Gasteiger partial charge in [-0.1, -0.05) is 18.2 Å². The van der Waals surface area contributed by atoms with Crippen molar-refractivity contribution in [2.24, 2.45) is 0 Å². The van der Waals surface area contributed by atoms with E-state index in [0.29, 0.717) is 37.6 Å². The first-order valence-corrected chi connectivity index (χ1v) is 10.7. The highest BCUT2D eigenvalue weighted by molar-refractivity contribution is 7.89. The van der Waals surface area contributed by atoms with Crippen LogP contribution < -0.4 is 5.32 Å². The molecule has 2 aliphatic heterocycles. The van der Waals surface area contributed by atoms with Gasteiger partial charge < -0.3 is 14.8 Å². The number of esters is 1. The summed E-state index contributed by atoms with van der Waals surface area (Å²) in [4.78, 5) is 24.7. The highest BCUT2D eigenvalue weighted by atomic mass is 32.2. The first-order valence-electron chi connectivity index (χ1n) is 9.23. The van der Waals surface area contributed by atoms with Gasteiger partial charge in [-0.05, 0) is 35.9 Å². The summed E-state index contributed by atoms with van der Waals surface area (Å²) in [5.74, 6) is -0.990. The van der Waals surface area contributed by atoms with E-state index >= 15 is 0 Å². The highest BCUT2D eigenvalue weighted by Gasteiger charge is 2.31. The summed E-state index contributed by atoms with van der Waals surface area (Å²) < 4.78 is 37.1. The molecule has 2 aromatic carbocycles. The SMILES string of the molecule is O=C1OC(C(=O)Nc2ccc(S(=O)(=O)N3CCOCC3)cc2)Cc2ccccc21. The lowest BCUT2D eigenvalue weighted by Gasteiger charge is -2.26. The van der Waals surface area contributed by atoms with Gasteiger partial charge in [-0.3, -0.25) is 4.79 Å². The molecule has 1 unspecified atom stereocenters. The molecule has 29 heavy (non-hydrogen) atoms. The predicted molar refractivity (Wildman–Crippen MR) is 104 cm³/mol. The lowest BCUT2D eigenvalue weighted by Crippen LogP contribution is -2.40. The third-order valence-electron chi connectivity index (χ3n) is 4.91. The van der Waals surface area contributed by atoms with Gasteiger partial charge >= 0.3 is 5.97 Å². The predicted octanol–water partition coefficient (Wildman–Crippen LogP) is 1.43. The van der Waals surface area contributed by atoms with E-state index in [9.17, 15) is 18.0 Å². The number of anilines is 1. The van der Waals surface area contributed by atoms with E-state index in [4.69, 9.17) is 9.47 Å². The van der Waals surface area contributed by atoms with Gasteiger partial charge in [0.1, 0.15) is 0 Å². The Morgan fingerprint density at radius 1 is 1.03 bits per heavy atom. The summed E-state index contributed by atoms with van der Waals surface area (Å²) in [6.07, 6.45) is -0.647. The van der Waals surface area contributed by atoms with Gasteiger partial charge in [0, 0.05) is 25.2 Å². The first kappa shape index (κ1) is 19.6. The number of fused-ring (bicyclic) bond motifs is 1. The monoisotopic (exact) mass is 416 g/mol. The fourth-order valence-electron chi connectivity index (χ4n) is 3.35. The van der Waals surface area contributed by atoms with Gasteiger partial charge in [-0.2, -0.15) is 4.31 Å². The molecule has 1 saturated heterocycles. The molecule has 2 aromatic rings. The van der Waals surface area contributed by atoms with Crippen LogP contribution in [0.4, 0.5) is 5.69 Å². The minimum Gasteiger partial charge on any atom is -0.448 e. The highest BCUT2D eigenvalue weighted by Crippen LogP contribution is 2.23. The average Bonchev–Trinajstić information content (AvgIpc) is 2.75. The normalized spacial score (nSPS) is 19.9. The summed E-state index contributed by atoms with van der Waals surface area (Å²) in [6.45, 7) is 1.37. The molecule has 9 heteroatoms. The van der Waals surface area contributed by atoms with E-state index < -0.39 is 28.0 Å². The van der Waals surface area contributed by atoms with Gasteiger partial charge in [-0.15, -0.1) is 0 Å². The molecule has 0 aliphatic carbocycles. The van der Waals surface area contributed by atoms with Crippen LogP contribution in [0.3, 0.4) is 0 Å². The molecule has 0 spiro atoms. The van der Waals surface area contributed by atoms with Gasteiger partial charge in [-0.25, -0.2) is 13.2 Å². The number of morpholine rings is 1. The molecule has 1 amide bonds. The Labute approximate surface area is 168 Å². The van der Waals surface area contributed by atoms with Gasteiger partial charge in [0.25, 0.3) is 5.91 Å². The van der Waals surface area contributed by atoms with Crippen LogP contribution in [-0.2, 0) is 30.7 Å². The maximum atomic E-state index is 12.6. The van der Waals surface area contributed by atoms with Crippen molar-refractivity contribution in [3.63, 3.8) is 0 Å². The van der Waals surface area contributed by atoms with Crippen molar-refractivity contribution in [3.8, 4) is 0 Å². The van der Waals surface area contributed by atoms with Crippen molar-refractivity contribution in [1.82, 2.24) is 4.31 Å². The van der Waals surface area contributed by atoms with Crippen LogP contribution in [-0.4, -0.2) is 57.0 Å². The fourth-order valence-corrected chi connectivity index (χ4v) is 4.75. The van der Waals surface area contributed by atoms with Crippen molar-refractivity contribution < 1.29 is 27.5 Å². The van der Waals surface area contributed by atoms with Crippen molar-refractivity contribution in [2.45, 2.75) is 17.4 Å². The van der Waals surface area contributed by atoms with Crippen molar-refractivity contribution in [1.29, 1.82) is 0 Å². The lowest BCUT2D eigenvalue weighted by molar-refractivity contribution is -0.125. The summed E-state index contributed by atoms with van der Waals surface area (Å²) in [5.41, 5.74) is 1.65. The Morgan fingerprint density at radius 2 is 1.72 bits per heavy atom. The molecule has 0 radical (unpaired) electrons. The van der Waals surface area contributed by atoms with E-state index in [2.05, 4.69) is 5.32 Å². The van der Waals surface area contributed by atoms with Crippen LogP contribution in [0.5, 0.6) is 0 Å². The Hall–Kier alpha value is -2.75. The van der Waals surface area contributed by atoms with Crippen molar-refractivity contribution in [3.05, 3.63) is 59.7 Å². The number of benzene rings is 2. The van der Waals surface area contributed by atoms with E-state index in [1.54, 1.807) is 24.3 Å². The molecule has 0 aromatic heterocycles. The van der Waals surface area contributed by atoms with Crippen LogP contribution in [0.1, 0.15) is 15.9 Å². The van der Waals surface area contributed by atoms with E-state index in [1.807, 2.05) is 0 Å². The van der Waals surface area contributed by atoms with Crippen molar-refractivity contribution in [2.75, 3.05) is 31.6 Å². The van der Waals surface area contributed by atoms with Crippen LogP contribution in [0.25, 0.3) is 0 Å². The smallest absolute Gasteiger partial charge is 0.339 e. The summed E-state index contributed by atoms with van der Waals surface area (Å²) in [7, 11) is -3.60. The number of sulfonamides is 1. The van der Waals surface area contributed by atoms with Crippen LogP contribution in [0.15, 0.2) is 53.4 Å². The zero-order chi connectivity index (χ0) is 20.4. The quantitative estimate of drug-likeness (QED) is 0.757. The molecule has 0 bridgehead atoms. The summed E-state index contributed by atoms with van der Waals surface area (Å²) in [6, 6.07) is 12.9. The number of nitrogens with zero attached hydrogens (tertiary/aromatic N) is 1. The molecular weight excluding hydrogens is 396 g/mol. The third-order valence-corrected chi connectivity index (χ3v) is 6.83. The molecule has 4 rings (SSSR count). The number of carbonyl (C=O) groups excluding carboxylic acids is 2. The zero-order valence-corrected chi connectivity index (χ0v) is 16.4. The second kappa shape index (κ2) is 7.94. The fraction of sp³-hybridized carbons (Fsp3) is 0.300. The third kappa shape index (κ3) is 4.02. The topological polar surface area (TPSA) is 102 Å². The van der Waals surface area contributed by atoms with Crippen LogP contribution in [0, 0.1) is 0 Å². The van der Waals surface area contributed by atoms with Gasteiger partial charge in [0.15, 0.2) is 6.10 Å². The molecule has 152 valence electrons. The molecule has 2 aliphatic rings. The number of nitrogens with one attached hydrogen (secondary N) is 1. The number of cyclic esters (lactones) is 1. The number of hydrogen-bond donors (Lipinski definition) is 1. The van der Waals surface area contributed by atoms with Crippen molar-refractivity contribution >= 4 is 27.6 Å². The number of rotatable bonds is 4. The largest absolute Gasteiger partial charge is 0.448 e. The Balaban J connectivity index is 1.44. The molecule has 2 heterocycles.